The fourth-order valence-corrected chi connectivity index (χ4v) is 2.45. The van der Waals surface area contributed by atoms with Gasteiger partial charge in [-0.2, -0.15) is 0 Å². The standard InChI is InChI=1S/C14H26O4/c1-10(2)13(11(15)18-12(3,4)5)8-14(9-13,16-6)17-7/h10H,8-9H2,1-7H3. The van der Waals surface area contributed by atoms with Crippen LogP contribution in [0.4, 0.5) is 0 Å². The lowest BCUT2D eigenvalue weighted by Gasteiger charge is -2.54. The third kappa shape index (κ3) is 2.69. The van der Waals surface area contributed by atoms with Gasteiger partial charge in [-0.05, 0) is 26.7 Å². The number of methoxy groups -OCH3 is 2. The van der Waals surface area contributed by atoms with E-state index < -0.39 is 16.8 Å². The van der Waals surface area contributed by atoms with Crippen molar-refractivity contribution in [1.82, 2.24) is 0 Å². The maximum absolute atomic E-state index is 12.4. The van der Waals surface area contributed by atoms with Crippen molar-refractivity contribution in [3.05, 3.63) is 0 Å². The highest BCUT2D eigenvalue weighted by Crippen LogP contribution is 2.56. The minimum atomic E-state index is -0.624. The van der Waals surface area contributed by atoms with Crippen LogP contribution in [0.25, 0.3) is 0 Å². The van der Waals surface area contributed by atoms with Crippen LogP contribution in [0.1, 0.15) is 47.5 Å². The molecule has 0 aromatic carbocycles. The zero-order valence-electron chi connectivity index (χ0n) is 12.6. The Bertz CT molecular complexity index is 302. The maximum Gasteiger partial charge on any atom is 0.313 e. The molecule has 1 fully saturated rings. The average Bonchev–Trinajstić information content (AvgIpc) is 2.14. The number of esters is 1. The first-order chi connectivity index (χ1) is 8.11. The van der Waals surface area contributed by atoms with Crippen LogP contribution >= 0.6 is 0 Å². The molecule has 0 aliphatic heterocycles. The van der Waals surface area contributed by atoms with Crippen LogP contribution in [0, 0.1) is 11.3 Å². The minimum absolute atomic E-state index is 0.144. The van der Waals surface area contributed by atoms with E-state index in [9.17, 15) is 4.79 Å². The van der Waals surface area contributed by atoms with E-state index in [1.54, 1.807) is 14.2 Å². The van der Waals surface area contributed by atoms with Gasteiger partial charge in [-0.15, -0.1) is 0 Å². The van der Waals surface area contributed by atoms with Crippen molar-refractivity contribution in [3.8, 4) is 0 Å². The summed E-state index contributed by atoms with van der Waals surface area (Å²) < 4.78 is 16.3. The van der Waals surface area contributed by atoms with Gasteiger partial charge in [0.05, 0.1) is 5.41 Å². The molecule has 0 aromatic rings. The largest absolute Gasteiger partial charge is 0.460 e. The Morgan fingerprint density at radius 2 is 1.56 bits per heavy atom. The number of carbonyl (C=O) groups excluding carboxylic acids is 1. The molecule has 106 valence electrons. The van der Waals surface area contributed by atoms with Gasteiger partial charge in [0, 0.05) is 27.1 Å². The third-order valence-electron chi connectivity index (χ3n) is 3.82. The zero-order chi connectivity index (χ0) is 14.2. The summed E-state index contributed by atoms with van der Waals surface area (Å²) in [6.07, 6.45) is 1.11. The molecule has 18 heavy (non-hydrogen) atoms. The predicted molar refractivity (Wildman–Crippen MR) is 69.1 cm³/mol. The zero-order valence-corrected chi connectivity index (χ0v) is 12.6. The SMILES string of the molecule is COC1(OC)CC(C(=O)OC(C)(C)C)(C(C)C)C1. The summed E-state index contributed by atoms with van der Waals surface area (Å²) in [5.74, 6) is -0.568. The van der Waals surface area contributed by atoms with Gasteiger partial charge in [0.15, 0.2) is 5.79 Å². The maximum atomic E-state index is 12.4. The van der Waals surface area contributed by atoms with Gasteiger partial charge in [0.25, 0.3) is 0 Å². The topological polar surface area (TPSA) is 44.8 Å². The van der Waals surface area contributed by atoms with E-state index in [4.69, 9.17) is 14.2 Å². The van der Waals surface area contributed by atoms with E-state index in [1.165, 1.54) is 0 Å². The Kier molecular flexibility index (Phi) is 4.13. The smallest absolute Gasteiger partial charge is 0.313 e. The number of rotatable bonds is 4. The van der Waals surface area contributed by atoms with Crippen LogP contribution < -0.4 is 0 Å². The monoisotopic (exact) mass is 258 g/mol. The number of hydrogen-bond donors (Lipinski definition) is 0. The molecular formula is C14H26O4. The lowest BCUT2D eigenvalue weighted by atomic mass is 9.58. The van der Waals surface area contributed by atoms with Crippen LogP contribution in [0.3, 0.4) is 0 Å². The fraction of sp³-hybridized carbons (Fsp3) is 0.929. The Morgan fingerprint density at radius 3 is 1.83 bits per heavy atom. The van der Waals surface area contributed by atoms with Crippen molar-refractivity contribution >= 4 is 5.97 Å². The quantitative estimate of drug-likeness (QED) is 0.574. The van der Waals surface area contributed by atoms with Gasteiger partial charge in [-0.1, -0.05) is 13.8 Å². The number of hydrogen-bond acceptors (Lipinski definition) is 4. The van der Waals surface area contributed by atoms with Crippen LogP contribution in [-0.2, 0) is 19.0 Å². The summed E-state index contributed by atoms with van der Waals surface area (Å²) in [7, 11) is 3.23. The average molecular weight is 258 g/mol. The van der Waals surface area contributed by atoms with Crippen molar-refractivity contribution in [3.63, 3.8) is 0 Å². The molecule has 0 amide bonds. The number of carbonyl (C=O) groups is 1. The van der Waals surface area contributed by atoms with Crippen molar-refractivity contribution in [2.75, 3.05) is 14.2 Å². The molecular weight excluding hydrogens is 232 g/mol. The molecule has 1 aliphatic rings. The summed E-state index contributed by atoms with van der Waals surface area (Å²) in [5, 5.41) is 0. The molecule has 0 spiro atoms. The van der Waals surface area contributed by atoms with E-state index in [-0.39, 0.29) is 11.9 Å². The van der Waals surface area contributed by atoms with Crippen molar-refractivity contribution in [1.29, 1.82) is 0 Å². The molecule has 0 unspecified atom stereocenters. The summed E-state index contributed by atoms with van der Waals surface area (Å²) in [6.45, 7) is 9.74. The Labute approximate surface area is 110 Å². The van der Waals surface area contributed by atoms with Gasteiger partial charge >= 0.3 is 5.97 Å². The van der Waals surface area contributed by atoms with Crippen LogP contribution in [-0.4, -0.2) is 31.6 Å². The number of ether oxygens (including phenoxy) is 3. The van der Waals surface area contributed by atoms with Crippen molar-refractivity contribution < 1.29 is 19.0 Å². The second kappa shape index (κ2) is 4.82. The normalized spacial score (nSPS) is 21.6. The molecule has 0 N–H and O–H groups in total. The second-order valence-electron chi connectivity index (χ2n) is 6.49. The van der Waals surface area contributed by atoms with Gasteiger partial charge in [0.2, 0.25) is 0 Å². The highest BCUT2D eigenvalue weighted by molar-refractivity contribution is 5.79. The summed E-state index contributed by atoms with van der Waals surface area (Å²) in [4.78, 5) is 12.4. The van der Waals surface area contributed by atoms with E-state index in [2.05, 4.69) is 0 Å². The first kappa shape index (κ1) is 15.4. The predicted octanol–water partition coefficient (Wildman–Crippen LogP) is 2.75. The second-order valence-corrected chi connectivity index (χ2v) is 6.49. The highest BCUT2D eigenvalue weighted by Gasteiger charge is 2.62. The third-order valence-corrected chi connectivity index (χ3v) is 3.82. The summed E-state index contributed by atoms with van der Waals surface area (Å²) in [5.41, 5.74) is -0.948. The van der Waals surface area contributed by atoms with Crippen LogP contribution in [0.5, 0.6) is 0 Å². The summed E-state index contributed by atoms with van der Waals surface area (Å²) >= 11 is 0. The fourth-order valence-electron chi connectivity index (χ4n) is 2.45. The van der Waals surface area contributed by atoms with Crippen LogP contribution in [0.15, 0.2) is 0 Å². The Morgan fingerprint density at radius 1 is 1.11 bits per heavy atom. The van der Waals surface area contributed by atoms with E-state index in [0.717, 1.165) is 0 Å². The lowest BCUT2D eigenvalue weighted by molar-refractivity contribution is -0.305. The molecule has 4 nitrogen and oxygen atoms in total. The van der Waals surface area contributed by atoms with E-state index in [0.29, 0.717) is 12.8 Å². The molecule has 0 saturated heterocycles. The highest BCUT2D eigenvalue weighted by atomic mass is 16.7. The van der Waals surface area contributed by atoms with Gasteiger partial charge in [-0.3, -0.25) is 4.79 Å². The molecule has 0 aromatic heterocycles. The van der Waals surface area contributed by atoms with E-state index >= 15 is 0 Å². The first-order valence-electron chi connectivity index (χ1n) is 6.44. The lowest BCUT2D eigenvalue weighted by Crippen LogP contribution is -2.61. The first-order valence-corrected chi connectivity index (χ1v) is 6.44. The molecule has 1 rings (SSSR count). The van der Waals surface area contributed by atoms with E-state index in [1.807, 2.05) is 34.6 Å². The van der Waals surface area contributed by atoms with Gasteiger partial charge in [0.1, 0.15) is 5.60 Å². The minimum Gasteiger partial charge on any atom is -0.460 e. The molecule has 0 radical (unpaired) electrons. The molecule has 0 bridgehead atoms. The van der Waals surface area contributed by atoms with Gasteiger partial charge < -0.3 is 14.2 Å². The summed E-state index contributed by atoms with van der Waals surface area (Å²) in [6, 6.07) is 0. The molecule has 1 aliphatic carbocycles. The molecule has 0 atom stereocenters. The Hall–Kier alpha value is -0.610. The van der Waals surface area contributed by atoms with Crippen LogP contribution in [0.2, 0.25) is 0 Å². The van der Waals surface area contributed by atoms with Gasteiger partial charge in [-0.25, -0.2) is 0 Å². The van der Waals surface area contributed by atoms with Crippen molar-refractivity contribution in [2.45, 2.75) is 58.8 Å². The van der Waals surface area contributed by atoms with Crippen molar-refractivity contribution in [2.24, 2.45) is 11.3 Å². The molecule has 4 heteroatoms. The Balaban J connectivity index is 2.84. The molecule has 0 heterocycles. The molecule has 1 saturated carbocycles.